The van der Waals surface area contributed by atoms with Gasteiger partial charge in [0.05, 0.1) is 34.4 Å². The van der Waals surface area contributed by atoms with Crippen molar-refractivity contribution < 1.29 is 15.1 Å². The Morgan fingerprint density at radius 1 is 0.909 bits per heavy atom. The van der Waals surface area contributed by atoms with Gasteiger partial charge in [0.15, 0.2) is 0 Å². The molecule has 0 heterocycles. The minimum atomic E-state index is -1.02. The second-order valence-electron chi connectivity index (χ2n) is 7.82. The fraction of sp³-hybridized carbons (Fsp3) is 0.280. The minimum absolute atomic E-state index is 0.108. The van der Waals surface area contributed by atoms with Gasteiger partial charge in [0, 0.05) is 37.8 Å². The van der Waals surface area contributed by atoms with Crippen molar-refractivity contribution in [3.63, 3.8) is 0 Å². The number of aliphatic hydroxyl groups is 2. The predicted octanol–water partition coefficient (Wildman–Crippen LogP) is 3.89. The maximum atomic E-state index is 11.9. The summed E-state index contributed by atoms with van der Waals surface area (Å²) in [5.74, 6) is 0. The Morgan fingerprint density at radius 3 is 1.88 bits per heavy atom. The molecule has 0 spiro atoms. The van der Waals surface area contributed by atoms with Crippen LogP contribution in [-0.2, 0) is 5.54 Å². The molecule has 0 aliphatic rings. The fourth-order valence-electron chi connectivity index (χ4n) is 4.31. The Bertz CT molecular complexity index is 1040. The third kappa shape index (κ3) is 4.72. The average molecular weight is 470 g/mol. The molecule has 0 saturated heterocycles. The molecule has 3 aromatic rings. The largest absolute Gasteiger partial charge is 0.395 e. The van der Waals surface area contributed by atoms with Crippen molar-refractivity contribution in [2.75, 3.05) is 45.3 Å². The number of aliphatic hydroxyl groups excluding tert-OH is 2. The van der Waals surface area contributed by atoms with Crippen molar-refractivity contribution in [1.29, 1.82) is 0 Å². The molecule has 33 heavy (non-hydrogen) atoms. The van der Waals surface area contributed by atoms with Gasteiger partial charge in [-0.2, -0.15) is 0 Å². The normalized spacial score (nSPS) is 11.6. The van der Waals surface area contributed by atoms with E-state index in [9.17, 15) is 20.3 Å². The summed E-state index contributed by atoms with van der Waals surface area (Å²) in [5.41, 5.74) is 1.54. The molecule has 0 radical (unpaired) electrons. The Kier molecular flexibility index (Phi) is 8.05. The van der Waals surface area contributed by atoms with E-state index in [0.717, 1.165) is 11.1 Å². The fourth-order valence-corrected chi connectivity index (χ4v) is 4.70. The SMILES string of the molecule is CN(CCO)c1cc([N+](=O)[O-])cc(C(c2ccccc2)(c2ccccc2)N(C)CCO)c1Cl. The van der Waals surface area contributed by atoms with E-state index in [0.29, 0.717) is 22.8 Å². The van der Waals surface area contributed by atoms with Gasteiger partial charge in [0.1, 0.15) is 0 Å². The van der Waals surface area contributed by atoms with Gasteiger partial charge >= 0.3 is 0 Å². The molecule has 2 N–H and O–H groups in total. The standard InChI is InChI=1S/C25H28ClN3O4/c1-27(13-15-30)23-18-21(29(32)33)17-22(24(23)26)25(28(2)14-16-31,19-9-5-3-6-10-19)20-11-7-4-8-12-20/h3-12,17-18,30-31H,13-16H2,1-2H3. The highest BCUT2D eigenvalue weighted by Gasteiger charge is 2.43. The predicted molar refractivity (Wildman–Crippen MR) is 131 cm³/mol. The first-order chi connectivity index (χ1) is 15.9. The maximum Gasteiger partial charge on any atom is 0.271 e. The third-order valence-corrected chi connectivity index (χ3v) is 6.27. The van der Waals surface area contributed by atoms with Gasteiger partial charge < -0.3 is 15.1 Å². The van der Waals surface area contributed by atoms with Crippen LogP contribution in [0.4, 0.5) is 11.4 Å². The summed E-state index contributed by atoms with van der Waals surface area (Å²) in [7, 11) is 3.59. The molecule has 0 fully saturated rings. The van der Waals surface area contributed by atoms with Crippen molar-refractivity contribution in [2.24, 2.45) is 0 Å². The monoisotopic (exact) mass is 469 g/mol. The Morgan fingerprint density at radius 2 is 1.42 bits per heavy atom. The van der Waals surface area contributed by atoms with Gasteiger partial charge in [0.2, 0.25) is 0 Å². The topological polar surface area (TPSA) is 90.1 Å². The van der Waals surface area contributed by atoms with Gasteiger partial charge in [-0.25, -0.2) is 0 Å². The molecule has 0 amide bonds. The molecule has 0 aliphatic heterocycles. The van der Waals surface area contributed by atoms with E-state index in [1.807, 2.05) is 72.6 Å². The number of non-ortho nitro benzene ring substituents is 1. The zero-order chi connectivity index (χ0) is 24.0. The third-order valence-electron chi connectivity index (χ3n) is 5.88. The molecule has 0 aliphatic carbocycles. The number of nitrogens with zero attached hydrogens (tertiary/aromatic N) is 3. The molecular weight excluding hydrogens is 442 g/mol. The number of likely N-dealkylation sites (N-methyl/N-ethyl adjacent to an activating group) is 2. The van der Waals surface area contributed by atoms with Gasteiger partial charge in [-0.05, 0) is 18.2 Å². The molecular formula is C25H28ClN3O4. The van der Waals surface area contributed by atoms with Gasteiger partial charge in [0.25, 0.3) is 5.69 Å². The number of hydrogen-bond acceptors (Lipinski definition) is 6. The molecule has 0 unspecified atom stereocenters. The second-order valence-corrected chi connectivity index (χ2v) is 8.19. The number of anilines is 1. The molecule has 8 heteroatoms. The van der Waals surface area contributed by atoms with Crippen LogP contribution in [0.3, 0.4) is 0 Å². The number of nitro benzene ring substituents is 1. The van der Waals surface area contributed by atoms with Crippen LogP contribution in [0.25, 0.3) is 0 Å². The molecule has 0 aromatic heterocycles. The van der Waals surface area contributed by atoms with E-state index in [1.54, 1.807) is 11.9 Å². The number of halogens is 1. The highest BCUT2D eigenvalue weighted by atomic mass is 35.5. The zero-order valence-corrected chi connectivity index (χ0v) is 19.4. The van der Waals surface area contributed by atoms with E-state index in [1.165, 1.54) is 12.1 Å². The number of benzene rings is 3. The summed E-state index contributed by atoms with van der Waals surface area (Å²) in [6.07, 6.45) is 0. The Hall–Kier alpha value is -2.97. The summed E-state index contributed by atoms with van der Waals surface area (Å²) in [6.45, 7) is 0.320. The summed E-state index contributed by atoms with van der Waals surface area (Å²) < 4.78 is 0. The van der Waals surface area contributed by atoms with Crippen LogP contribution in [0, 0.1) is 10.1 Å². The van der Waals surface area contributed by atoms with E-state index in [4.69, 9.17) is 11.6 Å². The Balaban J connectivity index is 2.48. The second kappa shape index (κ2) is 10.8. The lowest BCUT2D eigenvalue weighted by Crippen LogP contribution is -2.47. The van der Waals surface area contributed by atoms with Crippen molar-refractivity contribution in [3.05, 3.63) is 105 Å². The van der Waals surface area contributed by atoms with Gasteiger partial charge in [-0.3, -0.25) is 15.0 Å². The lowest BCUT2D eigenvalue weighted by atomic mass is 9.75. The van der Waals surface area contributed by atoms with Crippen LogP contribution in [0.15, 0.2) is 72.8 Å². The molecule has 0 bridgehead atoms. The quantitative estimate of drug-likeness (QED) is 0.266. The average Bonchev–Trinajstić information content (AvgIpc) is 2.82. The van der Waals surface area contributed by atoms with Crippen LogP contribution in [0.2, 0.25) is 5.02 Å². The first-order valence-electron chi connectivity index (χ1n) is 10.6. The van der Waals surface area contributed by atoms with Crippen molar-refractivity contribution in [1.82, 2.24) is 4.90 Å². The number of nitro groups is 1. The molecule has 0 saturated carbocycles. The van der Waals surface area contributed by atoms with Crippen molar-refractivity contribution in [2.45, 2.75) is 5.54 Å². The highest BCUT2D eigenvalue weighted by Crippen LogP contribution is 2.48. The van der Waals surface area contributed by atoms with Crippen molar-refractivity contribution in [3.8, 4) is 0 Å². The molecule has 0 atom stereocenters. The zero-order valence-electron chi connectivity index (χ0n) is 18.7. The molecule has 7 nitrogen and oxygen atoms in total. The van der Waals surface area contributed by atoms with E-state index >= 15 is 0 Å². The minimum Gasteiger partial charge on any atom is -0.395 e. The summed E-state index contributed by atoms with van der Waals surface area (Å²) in [5, 5.41) is 31.6. The van der Waals surface area contributed by atoms with E-state index in [2.05, 4.69) is 0 Å². The van der Waals surface area contributed by atoms with E-state index in [-0.39, 0.29) is 25.4 Å². The summed E-state index contributed by atoms with van der Waals surface area (Å²) in [4.78, 5) is 15.1. The highest BCUT2D eigenvalue weighted by molar-refractivity contribution is 6.34. The van der Waals surface area contributed by atoms with Crippen LogP contribution in [0.1, 0.15) is 16.7 Å². The van der Waals surface area contributed by atoms with Gasteiger partial charge in [-0.15, -0.1) is 0 Å². The van der Waals surface area contributed by atoms with Crippen molar-refractivity contribution >= 4 is 23.0 Å². The molecule has 3 aromatic carbocycles. The summed E-state index contributed by atoms with van der Waals surface area (Å²) in [6, 6.07) is 22.2. The number of rotatable bonds is 10. The van der Waals surface area contributed by atoms with E-state index < -0.39 is 10.5 Å². The Labute approximate surface area is 198 Å². The summed E-state index contributed by atoms with van der Waals surface area (Å²) >= 11 is 7.01. The maximum absolute atomic E-state index is 11.9. The van der Waals surface area contributed by atoms with Crippen LogP contribution in [0.5, 0.6) is 0 Å². The number of hydrogen-bond donors (Lipinski definition) is 2. The van der Waals surface area contributed by atoms with Crippen LogP contribution >= 0.6 is 11.6 Å². The van der Waals surface area contributed by atoms with Crippen LogP contribution in [-0.4, -0.2) is 60.4 Å². The smallest absolute Gasteiger partial charge is 0.271 e. The first kappa shape index (κ1) is 24.7. The van der Waals surface area contributed by atoms with Crippen LogP contribution < -0.4 is 4.90 Å². The molecule has 3 rings (SSSR count). The first-order valence-corrected chi connectivity index (χ1v) is 11.0. The molecule has 174 valence electrons. The lowest BCUT2D eigenvalue weighted by molar-refractivity contribution is -0.384. The van der Waals surface area contributed by atoms with Gasteiger partial charge in [-0.1, -0.05) is 72.3 Å². The lowest BCUT2D eigenvalue weighted by Gasteiger charge is -2.44.